The topological polar surface area (TPSA) is 25.3 Å². The minimum atomic E-state index is 0.859. The summed E-state index contributed by atoms with van der Waals surface area (Å²) >= 11 is 0. The maximum atomic E-state index is 11.9. The van der Waals surface area contributed by atoms with E-state index in [1.807, 2.05) is 0 Å². The van der Waals surface area contributed by atoms with Crippen LogP contribution in [-0.4, -0.2) is 4.70 Å². The number of benzene rings is 2. The van der Waals surface area contributed by atoms with E-state index in [2.05, 4.69) is 88.1 Å². The summed E-state index contributed by atoms with van der Waals surface area (Å²) < 4.78 is 1.46. The van der Waals surface area contributed by atoms with Gasteiger partial charge in [0.05, 0.1) is 0 Å². The van der Waals surface area contributed by atoms with Gasteiger partial charge in [-0.15, -0.1) is 0 Å². The van der Waals surface area contributed by atoms with Crippen molar-refractivity contribution in [3.63, 3.8) is 0 Å². The lowest BCUT2D eigenvalue weighted by Gasteiger charge is -2.10. The summed E-state index contributed by atoms with van der Waals surface area (Å²) in [5.41, 5.74) is 20.6. The molecule has 1 aliphatic rings. The number of rotatable bonds is 21. The largest absolute Gasteiger partial charge is 0.493 e. The van der Waals surface area contributed by atoms with Crippen molar-refractivity contribution in [2.24, 2.45) is 0 Å². The highest BCUT2D eigenvalue weighted by atomic mass is 15.2. The van der Waals surface area contributed by atoms with Gasteiger partial charge in [-0.3, -0.25) is 0 Å². The number of hydrogen-bond acceptors (Lipinski definition) is 0. The van der Waals surface area contributed by atoms with E-state index >= 15 is 0 Å². The van der Waals surface area contributed by atoms with Crippen molar-refractivity contribution in [3.8, 4) is 11.8 Å². The van der Waals surface area contributed by atoms with Gasteiger partial charge in [0.25, 0.3) is 0 Å². The van der Waals surface area contributed by atoms with E-state index in [4.69, 9.17) is 0 Å². The molecule has 0 amide bonds. The average Bonchev–Trinajstić information content (AvgIpc) is 3.31. The number of allylic oxidation sites excluding steroid dienone is 2. The van der Waals surface area contributed by atoms with Crippen molar-refractivity contribution in [1.29, 1.82) is 0 Å². The van der Waals surface area contributed by atoms with Crippen LogP contribution in [0.1, 0.15) is 165 Å². The highest BCUT2D eigenvalue weighted by Gasteiger charge is 2.35. The van der Waals surface area contributed by atoms with E-state index in [9.17, 15) is 5.53 Å². The summed E-state index contributed by atoms with van der Waals surface area (Å²) in [7, 11) is 0. The van der Waals surface area contributed by atoms with Crippen molar-refractivity contribution in [2.75, 3.05) is 0 Å². The Morgan fingerprint density at radius 3 is 1.82 bits per heavy atom. The van der Waals surface area contributed by atoms with E-state index in [0.29, 0.717) is 0 Å². The van der Waals surface area contributed by atoms with Gasteiger partial charge in [-0.2, -0.15) is 0 Å². The van der Waals surface area contributed by atoms with E-state index in [0.717, 1.165) is 60.2 Å². The second-order valence-electron chi connectivity index (χ2n) is 12.9. The van der Waals surface area contributed by atoms with Crippen LogP contribution in [0.25, 0.3) is 16.9 Å². The normalized spacial score (nSPS) is 13.1. The average molecular weight is 593 g/mol. The Morgan fingerprint density at radius 1 is 0.591 bits per heavy atom. The molecule has 2 aromatic carbocycles. The Bertz CT molecular complexity index is 1260. The Morgan fingerprint density at radius 2 is 1.16 bits per heavy atom. The Hall–Kier alpha value is -2.92. The number of aryl methyl sites for hydroxylation is 2. The molecule has 0 bridgehead atoms. The molecule has 2 aromatic rings. The van der Waals surface area contributed by atoms with Crippen molar-refractivity contribution >= 4 is 11.4 Å². The van der Waals surface area contributed by atoms with Gasteiger partial charge in [0.2, 0.25) is 11.4 Å². The third kappa shape index (κ3) is 11.5. The van der Waals surface area contributed by atoms with Gasteiger partial charge in [-0.25, -0.2) is 4.70 Å². The minimum absolute atomic E-state index is 0.859. The first kappa shape index (κ1) is 35.6. The van der Waals surface area contributed by atoms with Crippen molar-refractivity contribution in [3.05, 3.63) is 87.5 Å². The molecule has 0 saturated heterocycles. The lowest BCUT2D eigenvalue weighted by atomic mass is 9.94. The third-order valence-corrected chi connectivity index (χ3v) is 8.99. The maximum absolute atomic E-state index is 11.9. The standard InChI is InChI=1S/C42H60N2/c1-5-8-11-13-14-15-16-17-18-19-20-23-29-40-39(28-21-10-7-3)41(37-32-30-35(4)31-33-37)44(43)42(40)38-27-24-26-36(34-38)25-22-12-9-6-2/h24,26-27,30-34H,5-22,25,28H2,1-4H3. The molecule has 44 heavy (non-hydrogen) atoms. The van der Waals surface area contributed by atoms with Crippen LogP contribution in [0.5, 0.6) is 0 Å². The molecule has 0 N–H and O–H groups in total. The summed E-state index contributed by atoms with van der Waals surface area (Å²) in [5, 5.41) is 0. The summed E-state index contributed by atoms with van der Waals surface area (Å²) in [6.07, 6.45) is 24.8. The predicted molar refractivity (Wildman–Crippen MR) is 191 cm³/mol. The Kier molecular flexibility index (Phi) is 16.9. The number of hydrogen-bond donors (Lipinski definition) is 0. The highest BCUT2D eigenvalue weighted by molar-refractivity contribution is 5.85. The lowest BCUT2D eigenvalue weighted by Crippen LogP contribution is -2.03. The second kappa shape index (κ2) is 20.9. The predicted octanol–water partition coefficient (Wildman–Crippen LogP) is 13.2. The first-order valence-electron chi connectivity index (χ1n) is 18.2. The lowest BCUT2D eigenvalue weighted by molar-refractivity contribution is -0.345. The van der Waals surface area contributed by atoms with Crippen LogP contribution < -0.4 is 0 Å². The SMILES string of the molecule is CCCCCCCCCCCCC#CC1=C(c2cccc(CCCCCC)c2)[N+](=[N-])C(c2ccc(C)cc2)=C1CCCCC. The van der Waals surface area contributed by atoms with E-state index in [1.54, 1.807) is 0 Å². The summed E-state index contributed by atoms with van der Waals surface area (Å²) in [6, 6.07) is 17.4. The summed E-state index contributed by atoms with van der Waals surface area (Å²) in [4.78, 5) is 0. The van der Waals surface area contributed by atoms with Crippen LogP contribution in [0.3, 0.4) is 0 Å². The van der Waals surface area contributed by atoms with E-state index in [1.165, 1.54) is 118 Å². The molecule has 0 saturated carbocycles. The van der Waals surface area contributed by atoms with Crippen LogP contribution in [0.15, 0.2) is 59.7 Å². The molecule has 1 heterocycles. The zero-order chi connectivity index (χ0) is 31.4. The molecule has 2 nitrogen and oxygen atoms in total. The van der Waals surface area contributed by atoms with Crippen molar-refractivity contribution in [2.45, 2.75) is 156 Å². The van der Waals surface area contributed by atoms with Crippen LogP contribution in [0.2, 0.25) is 0 Å². The zero-order valence-electron chi connectivity index (χ0n) is 28.7. The number of nitrogens with zero attached hydrogens (tertiary/aromatic N) is 2. The molecule has 0 unspecified atom stereocenters. The highest BCUT2D eigenvalue weighted by Crippen LogP contribution is 2.42. The molecule has 238 valence electrons. The fourth-order valence-corrected chi connectivity index (χ4v) is 6.29. The third-order valence-electron chi connectivity index (χ3n) is 8.99. The Balaban J connectivity index is 1.83. The van der Waals surface area contributed by atoms with Crippen molar-refractivity contribution in [1.82, 2.24) is 0 Å². The first-order chi connectivity index (χ1) is 21.6. The Labute approximate surface area is 270 Å². The molecule has 1 aliphatic heterocycles. The molecular formula is C42H60N2. The van der Waals surface area contributed by atoms with Gasteiger partial charge >= 0.3 is 0 Å². The van der Waals surface area contributed by atoms with Gasteiger partial charge in [0, 0.05) is 23.1 Å². The van der Waals surface area contributed by atoms with Crippen LogP contribution >= 0.6 is 0 Å². The van der Waals surface area contributed by atoms with Crippen LogP contribution in [0, 0.1) is 18.8 Å². The van der Waals surface area contributed by atoms with E-state index in [-0.39, 0.29) is 0 Å². The monoisotopic (exact) mass is 592 g/mol. The smallest absolute Gasteiger partial charge is 0.223 e. The molecule has 0 aromatic heterocycles. The molecule has 0 radical (unpaired) electrons. The van der Waals surface area contributed by atoms with Gasteiger partial charge in [0.15, 0.2) is 0 Å². The number of unbranched alkanes of at least 4 members (excludes halogenated alkanes) is 15. The second-order valence-corrected chi connectivity index (χ2v) is 12.9. The summed E-state index contributed by atoms with van der Waals surface area (Å²) in [6.45, 7) is 8.92. The van der Waals surface area contributed by atoms with Gasteiger partial charge in [-0.05, 0) is 68.9 Å². The maximum Gasteiger partial charge on any atom is 0.223 e. The van der Waals surface area contributed by atoms with Crippen LogP contribution in [0.4, 0.5) is 0 Å². The first-order valence-corrected chi connectivity index (χ1v) is 18.2. The van der Waals surface area contributed by atoms with Crippen molar-refractivity contribution < 1.29 is 4.70 Å². The van der Waals surface area contributed by atoms with Gasteiger partial charge < -0.3 is 5.53 Å². The minimum Gasteiger partial charge on any atom is -0.493 e. The van der Waals surface area contributed by atoms with Gasteiger partial charge in [-0.1, -0.05) is 152 Å². The molecular weight excluding hydrogens is 532 g/mol. The summed E-state index contributed by atoms with van der Waals surface area (Å²) in [5.74, 6) is 7.19. The van der Waals surface area contributed by atoms with Gasteiger partial charge in [0.1, 0.15) is 5.57 Å². The molecule has 0 atom stereocenters. The fraction of sp³-hybridized carbons (Fsp3) is 0.571. The van der Waals surface area contributed by atoms with E-state index < -0.39 is 0 Å². The molecule has 2 heteroatoms. The quantitative estimate of drug-likeness (QED) is 0.0782. The molecule has 3 rings (SSSR count). The molecule has 0 spiro atoms. The fourth-order valence-electron chi connectivity index (χ4n) is 6.29. The molecule has 0 aliphatic carbocycles. The zero-order valence-corrected chi connectivity index (χ0v) is 28.7. The van der Waals surface area contributed by atoms with Crippen LogP contribution in [-0.2, 0) is 6.42 Å². The molecule has 0 fully saturated rings.